The van der Waals surface area contributed by atoms with Crippen LogP contribution in [0.2, 0.25) is 0 Å². The van der Waals surface area contributed by atoms with Crippen molar-refractivity contribution in [2.45, 2.75) is 31.7 Å². The van der Waals surface area contributed by atoms with Gasteiger partial charge in [-0.25, -0.2) is 13.2 Å². The van der Waals surface area contributed by atoms with E-state index >= 15 is 0 Å². The summed E-state index contributed by atoms with van der Waals surface area (Å²) in [7, 11) is -3.65. The Bertz CT molecular complexity index is 1290. The molecule has 1 N–H and O–H groups in total. The number of carbonyl (C=O) groups is 2. The molecule has 1 fully saturated rings. The van der Waals surface area contributed by atoms with Crippen LogP contribution in [0.3, 0.4) is 0 Å². The van der Waals surface area contributed by atoms with Gasteiger partial charge in [0.25, 0.3) is 0 Å². The van der Waals surface area contributed by atoms with Crippen molar-refractivity contribution in [3.8, 4) is 0 Å². The molecule has 2 heterocycles. The molecule has 1 saturated heterocycles. The van der Waals surface area contributed by atoms with E-state index in [1.54, 1.807) is 41.3 Å². The van der Waals surface area contributed by atoms with Crippen molar-refractivity contribution in [3.05, 3.63) is 60.3 Å². The molecule has 0 saturated carbocycles. The summed E-state index contributed by atoms with van der Waals surface area (Å²) in [6.45, 7) is 5.47. The lowest BCUT2D eigenvalue weighted by molar-refractivity contribution is 0.101. The average molecular weight is 469 g/mol. The predicted molar refractivity (Wildman–Crippen MR) is 128 cm³/mol. The molecule has 33 heavy (non-hydrogen) atoms. The van der Waals surface area contributed by atoms with Gasteiger partial charge in [0.1, 0.15) is 0 Å². The Kier molecular flexibility index (Phi) is 6.53. The van der Waals surface area contributed by atoms with Gasteiger partial charge in [0.05, 0.1) is 4.90 Å². The number of urea groups is 1. The third kappa shape index (κ3) is 4.79. The van der Waals surface area contributed by atoms with E-state index in [0.29, 0.717) is 11.3 Å². The van der Waals surface area contributed by atoms with Crippen molar-refractivity contribution in [1.29, 1.82) is 0 Å². The second-order valence-electron chi connectivity index (χ2n) is 8.19. The molecule has 3 aromatic rings. The van der Waals surface area contributed by atoms with Gasteiger partial charge in [0.2, 0.25) is 10.0 Å². The van der Waals surface area contributed by atoms with Crippen LogP contribution in [0.25, 0.3) is 10.9 Å². The number of rotatable bonds is 6. The van der Waals surface area contributed by atoms with Gasteiger partial charge in [0.15, 0.2) is 5.78 Å². The number of piperazine rings is 1. The molecule has 0 spiro atoms. The first-order valence-corrected chi connectivity index (χ1v) is 12.5. The Morgan fingerprint density at radius 1 is 1.00 bits per heavy atom. The van der Waals surface area contributed by atoms with Gasteiger partial charge in [-0.3, -0.25) is 4.79 Å². The molecule has 1 aliphatic heterocycles. The van der Waals surface area contributed by atoms with Crippen molar-refractivity contribution in [1.82, 2.24) is 13.8 Å². The van der Waals surface area contributed by atoms with Crippen molar-refractivity contribution in [3.63, 3.8) is 0 Å². The molecule has 174 valence electrons. The van der Waals surface area contributed by atoms with Gasteiger partial charge in [0, 0.05) is 61.1 Å². The number of amides is 2. The average Bonchev–Trinajstić information content (AvgIpc) is 3.21. The first kappa shape index (κ1) is 23.0. The maximum atomic E-state index is 13.2. The van der Waals surface area contributed by atoms with Crippen molar-refractivity contribution in [2.24, 2.45) is 0 Å². The zero-order valence-electron chi connectivity index (χ0n) is 18.8. The number of Topliss-reactive ketones (excluding diaryl/α,β-unsaturated/α-hetero) is 1. The number of hydrogen-bond donors (Lipinski definition) is 1. The minimum atomic E-state index is -3.65. The topological polar surface area (TPSA) is 91.7 Å². The van der Waals surface area contributed by atoms with Crippen molar-refractivity contribution >= 4 is 38.4 Å². The molecule has 8 nitrogen and oxygen atoms in total. The number of sulfonamides is 1. The summed E-state index contributed by atoms with van der Waals surface area (Å²) in [5.74, 6) is -0.0787. The van der Waals surface area contributed by atoms with Crippen molar-refractivity contribution < 1.29 is 18.0 Å². The van der Waals surface area contributed by atoms with Gasteiger partial charge >= 0.3 is 6.03 Å². The van der Waals surface area contributed by atoms with Gasteiger partial charge in [-0.2, -0.15) is 4.31 Å². The molecular weight excluding hydrogens is 440 g/mol. The van der Waals surface area contributed by atoms with E-state index in [-0.39, 0.29) is 42.9 Å². The highest BCUT2D eigenvalue weighted by Gasteiger charge is 2.30. The summed E-state index contributed by atoms with van der Waals surface area (Å²) >= 11 is 0. The fourth-order valence-electron chi connectivity index (χ4n) is 4.07. The number of aromatic nitrogens is 1. The van der Waals surface area contributed by atoms with Crippen LogP contribution < -0.4 is 5.32 Å². The third-order valence-electron chi connectivity index (χ3n) is 5.89. The van der Waals surface area contributed by atoms with Crippen LogP contribution in [0.5, 0.6) is 0 Å². The van der Waals surface area contributed by atoms with E-state index in [0.717, 1.165) is 23.9 Å². The highest BCUT2D eigenvalue weighted by molar-refractivity contribution is 7.89. The number of hydrogen-bond acceptors (Lipinski definition) is 4. The van der Waals surface area contributed by atoms with Crippen LogP contribution >= 0.6 is 0 Å². The Balaban J connectivity index is 1.41. The van der Waals surface area contributed by atoms with Gasteiger partial charge in [-0.15, -0.1) is 0 Å². The first-order chi connectivity index (χ1) is 15.8. The smallest absolute Gasteiger partial charge is 0.321 e. The highest BCUT2D eigenvalue weighted by Crippen LogP contribution is 2.24. The number of anilines is 1. The summed E-state index contributed by atoms with van der Waals surface area (Å²) in [5, 5.41) is 3.69. The fraction of sp³-hybridized carbons (Fsp3) is 0.333. The molecule has 0 bridgehead atoms. The van der Waals surface area contributed by atoms with E-state index in [1.165, 1.54) is 11.2 Å². The first-order valence-electron chi connectivity index (χ1n) is 11.1. The maximum absolute atomic E-state index is 13.2. The second kappa shape index (κ2) is 9.36. The van der Waals surface area contributed by atoms with Crippen LogP contribution in [0, 0.1) is 0 Å². The van der Waals surface area contributed by atoms with E-state index in [1.807, 2.05) is 18.3 Å². The molecule has 4 rings (SSSR count). The molecule has 2 amide bonds. The summed E-state index contributed by atoms with van der Waals surface area (Å²) in [6, 6.07) is 13.6. The minimum Gasteiger partial charge on any atom is -0.347 e. The van der Waals surface area contributed by atoms with E-state index < -0.39 is 10.0 Å². The molecule has 0 radical (unpaired) electrons. The molecule has 1 aliphatic rings. The fourth-order valence-corrected chi connectivity index (χ4v) is 5.53. The lowest BCUT2D eigenvalue weighted by Gasteiger charge is -2.34. The Hall–Kier alpha value is -3.17. The zero-order valence-corrected chi connectivity index (χ0v) is 19.6. The molecular formula is C24H28N4O4S. The third-order valence-corrected chi connectivity index (χ3v) is 7.79. The van der Waals surface area contributed by atoms with Crippen molar-refractivity contribution in [2.75, 3.05) is 31.5 Å². The van der Waals surface area contributed by atoms with E-state index in [4.69, 9.17) is 0 Å². The quantitative estimate of drug-likeness (QED) is 0.557. The Morgan fingerprint density at radius 2 is 1.76 bits per heavy atom. The summed E-state index contributed by atoms with van der Waals surface area (Å²) in [4.78, 5) is 26.0. The number of aryl methyl sites for hydroxylation is 1. The number of nitrogens with one attached hydrogen (secondary N) is 1. The molecule has 0 aliphatic carbocycles. The normalized spacial score (nSPS) is 15.0. The molecule has 1 aromatic heterocycles. The largest absolute Gasteiger partial charge is 0.347 e. The number of fused-ring (bicyclic) bond motifs is 1. The maximum Gasteiger partial charge on any atom is 0.321 e. The van der Waals surface area contributed by atoms with Gasteiger partial charge in [-0.1, -0.05) is 19.1 Å². The predicted octanol–water partition coefficient (Wildman–Crippen LogP) is 3.79. The van der Waals surface area contributed by atoms with E-state index in [2.05, 4.69) is 16.8 Å². The monoisotopic (exact) mass is 468 g/mol. The number of carbonyl (C=O) groups excluding carboxylic acids is 2. The number of nitrogens with zero attached hydrogens (tertiary/aromatic N) is 3. The lowest BCUT2D eigenvalue weighted by Crippen LogP contribution is -2.51. The van der Waals surface area contributed by atoms with Crippen LogP contribution in [0.1, 0.15) is 30.6 Å². The van der Waals surface area contributed by atoms with Crippen LogP contribution in [-0.2, 0) is 16.6 Å². The summed E-state index contributed by atoms with van der Waals surface area (Å²) < 4.78 is 29.9. The standard InChI is InChI=1S/C24H28N4O4S/c1-3-10-26-11-9-20-17-22(7-8-23(20)26)33(31,32)28-14-12-27(13-15-28)24(30)25-21-6-4-5-19(16-21)18(2)29/h4-9,11,16-17H,3,10,12-15H2,1-2H3,(H,25,30). The van der Waals surface area contributed by atoms with Crippen LogP contribution in [-0.4, -0.2) is 60.2 Å². The zero-order chi connectivity index (χ0) is 23.6. The summed E-state index contributed by atoms with van der Waals surface area (Å²) in [5.41, 5.74) is 2.07. The van der Waals surface area contributed by atoms with Gasteiger partial charge in [-0.05, 0) is 49.7 Å². The minimum absolute atomic E-state index is 0.0787. The molecule has 0 atom stereocenters. The van der Waals surface area contributed by atoms with Gasteiger partial charge < -0.3 is 14.8 Å². The second-order valence-corrected chi connectivity index (χ2v) is 10.1. The summed E-state index contributed by atoms with van der Waals surface area (Å²) in [6.07, 6.45) is 2.98. The Labute approximate surface area is 193 Å². The molecule has 0 unspecified atom stereocenters. The van der Waals surface area contributed by atoms with E-state index in [9.17, 15) is 18.0 Å². The van der Waals surface area contributed by atoms with Crippen LogP contribution in [0.4, 0.5) is 10.5 Å². The Morgan fingerprint density at radius 3 is 2.45 bits per heavy atom. The number of benzene rings is 2. The number of ketones is 1. The molecule has 9 heteroatoms. The molecule has 2 aromatic carbocycles. The van der Waals surface area contributed by atoms with Crippen LogP contribution in [0.15, 0.2) is 59.6 Å². The highest BCUT2D eigenvalue weighted by atomic mass is 32.2. The lowest BCUT2D eigenvalue weighted by atomic mass is 10.1. The SMILES string of the molecule is CCCn1ccc2cc(S(=O)(=O)N3CCN(C(=O)Nc4cccc(C(C)=O)c4)CC3)ccc21.